The van der Waals surface area contributed by atoms with Crippen molar-refractivity contribution in [3.63, 3.8) is 0 Å². The number of carbonyl (C=O) groups is 2. The minimum Gasteiger partial charge on any atom is -0.461 e. The van der Waals surface area contributed by atoms with Gasteiger partial charge in [0.05, 0.1) is 5.41 Å². The van der Waals surface area contributed by atoms with Crippen LogP contribution in [0.4, 0.5) is 13.2 Å². The molecule has 0 amide bonds. The highest BCUT2D eigenvalue weighted by Gasteiger charge is 2.64. The molecule has 0 aromatic heterocycles. The van der Waals surface area contributed by atoms with Crippen molar-refractivity contribution in [2.75, 3.05) is 13.7 Å². The van der Waals surface area contributed by atoms with E-state index in [1.54, 1.807) is 26.8 Å². The van der Waals surface area contributed by atoms with Crippen LogP contribution in [0.5, 0.6) is 0 Å². The van der Waals surface area contributed by atoms with Crippen LogP contribution in [0.1, 0.15) is 98.5 Å². The molecule has 0 bridgehead atoms. The SMILES string of the molecule is C=C(COC(=O)C(C)(C)C)[C@@H](CCC)[C@@H](C[C@@H](C)[C@H]1CC[C@H]2/C(=C/Br)CCC[C@]12C)OC(=O)[C@@](OC)(c1ccccc1)C(F)(F)F. The molecule has 0 N–H and O–H groups in total. The molecular weight excluding hydrogens is 661 g/mol. The van der Waals surface area contributed by atoms with Gasteiger partial charge in [-0.15, -0.1) is 0 Å². The molecule has 0 aliphatic heterocycles. The summed E-state index contributed by atoms with van der Waals surface area (Å²) in [5.74, 6) is -1.69. The van der Waals surface area contributed by atoms with Gasteiger partial charge in [0.15, 0.2) is 0 Å². The normalized spacial score (nSPS) is 26.0. The van der Waals surface area contributed by atoms with Crippen LogP contribution < -0.4 is 0 Å². The fourth-order valence-electron chi connectivity index (χ4n) is 8.02. The molecule has 2 aliphatic rings. The van der Waals surface area contributed by atoms with E-state index in [0.29, 0.717) is 36.7 Å². The molecule has 2 aliphatic carbocycles. The maximum absolute atomic E-state index is 14.9. The Morgan fingerprint density at radius 1 is 1.13 bits per heavy atom. The molecular formula is C37H52BrF3O5. The lowest BCUT2D eigenvalue weighted by molar-refractivity contribution is -0.279. The molecule has 258 valence electrons. The first-order chi connectivity index (χ1) is 21.5. The molecule has 1 aromatic rings. The highest BCUT2D eigenvalue weighted by atomic mass is 79.9. The lowest BCUT2D eigenvalue weighted by atomic mass is 9.61. The molecule has 0 unspecified atom stereocenters. The first-order valence-electron chi connectivity index (χ1n) is 16.5. The lowest BCUT2D eigenvalue weighted by Gasteiger charge is -2.45. The van der Waals surface area contributed by atoms with Gasteiger partial charge >= 0.3 is 18.1 Å². The summed E-state index contributed by atoms with van der Waals surface area (Å²) in [6, 6.07) is 6.89. The van der Waals surface area contributed by atoms with Gasteiger partial charge in [0.1, 0.15) is 12.7 Å². The number of hydrogen-bond acceptors (Lipinski definition) is 5. The van der Waals surface area contributed by atoms with Crippen LogP contribution in [0.25, 0.3) is 0 Å². The van der Waals surface area contributed by atoms with Crippen LogP contribution in [0.15, 0.2) is 53.0 Å². The quantitative estimate of drug-likeness (QED) is 0.151. The van der Waals surface area contributed by atoms with Crippen LogP contribution in [-0.4, -0.2) is 37.9 Å². The number of halogens is 4. The smallest absolute Gasteiger partial charge is 0.432 e. The minimum absolute atomic E-state index is 0.0336. The van der Waals surface area contributed by atoms with Crippen molar-refractivity contribution in [1.82, 2.24) is 0 Å². The van der Waals surface area contributed by atoms with Crippen LogP contribution in [0, 0.1) is 34.5 Å². The van der Waals surface area contributed by atoms with Gasteiger partial charge in [0.2, 0.25) is 0 Å². The number of alkyl halides is 3. The second-order valence-electron chi connectivity index (χ2n) is 14.6. The molecule has 46 heavy (non-hydrogen) atoms. The average molecular weight is 714 g/mol. The second kappa shape index (κ2) is 15.4. The molecule has 1 aromatic carbocycles. The Hall–Kier alpha value is -2.13. The summed E-state index contributed by atoms with van der Waals surface area (Å²) in [6.45, 7) is 15.8. The van der Waals surface area contributed by atoms with E-state index in [1.165, 1.54) is 29.8 Å². The Labute approximate surface area is 281 Å². The van der Waals surface area contributed by atoms with Gasteiger partial charge in [-0.3, -0.25) is 4.79 Å². The van der Waals surface area contributed by atoms with Gasteiger partial charge in [-0.1, -0.05) is 85.6 Å². The van der Waals surface area contributed by atoms with E-state index in [0.717, 1.165) is 39.2 Å². The molecule has 0 saturated heterocycles. The van der Waals surface area contributed by atoms with Crippen LogP contribution >= 0.6 is 15.9 Å². The maximum Gasteiger partial charge on any atom is 0.432 e. The van der Waals surface area contributed by atoms with E-state index in [2.05, 4.69) is 41.3 Å². The Morgan fingerprint density at radius 3 is 2.33 bits per heavy atom. The molecule has 3 rings (SSSR count). The number of methoxy groups -OCH3 is 1. The molecule has 9 heteroatoms. The molecule has 7 atom stereocenters. The van der Waals surface area contributed by atoms with Crippen molar-refractivity contribution in [3.05, 3.63) is 58.6 Å². The van der Waals surface area contributed by atoms with Gasteiger partial charge in [-0.2, -0.15) is 13.2 Å². The van der Waals surface area contributed by atoms with Gasteiger partial charge < -0.3 is 14.2 Å². The maximum atomic E-state index is 14.9. The van der Waals surface area contributed by atoms with E-state index < -0.39 is 41.2 Å². The van der Waals surface area contributed by atoms with Crippen molar-refractivity contribution in [2.24, 2.45) is 34.5 Å². The fraction of sp³-hybridized carbons (Fsp3) is 0.676. The largest absolute Gasteiger partial charge is 0.461 e. The topological polar surface area (TPSA) is 61.8 Å². The molecule has 2 saturated carbocycles. The monoisotopic (exact) mass is 712 g/mol. The third-order valence-electron chi connectivity index (χ3n) is 10.5. The summed E-state index contributed by atoms with van der Waals surface area (Å²) in [5, 5.41) is 0. The number of fused-ring (bicyclic) bond motifs is 1. The third kappa shape index (κ3) is 7.94. The van der Waals surface area contributed by atoms with Gasteiger partial charge in [0, 0.05) is 18.6 Å². The molecule has 5 nitrogen and oxygen atoms in total. The fourth-order valence-corrected chi connectivity index (χ4v) is 8.57. The zero-order chi connectivity index (χ0) is 34.5. The number of allylic oxidation sites excluding steroid dienone is 1. The zero-order valence-corrected chi connectivity index (χ0v) is 30.1. The Balaban J connectivity index is 2.02. The lowest BCUT2D eigenvalue weighted by Crippen LogP contribution is -2.53. The second-order valence-corrected chi connectivity index (χ2v) is 15.0. The Morgan fingerprint density at radius 2 is 1.78 bits per heavy atom. The Kier molecular flexibility index (Phi) is 12.8. The number of hydrogen-bond donors (Lipinski definition) is 0. The highest BCUT2D eigenvalue weighted by molar-refractivity contribution is 9.11. The summed E-state index contributed by atoms with van der Waals surface area (Å²) in [4.78, 5) is 28.6. The van der Waals surface area contributed by atoms with Gasteiger partial charge in [0.25, 0.3) is 5.60 Å². The van der Waals surface area contributed by atoms with Gasteiger partial charge in [-0.05, 0) is 99.4 Å². The van der Waals surface area contributed by atoms with Crippen LogP contribution in [0.2, 0.25) is 0 Å². The number of ether oxygens (including phenoxy) is 3. The number of carbonyl (C=O) groups excluding carboxylic acids is 2. The molecule has 2 fully saturated rings. The highest BCUT2D eigenvalue weighted by Crippen LogP contribution is 2.60. The third-order valence-corrected chi connectivity index (χ3v) is 11.1. The number of rotatable bonds is 13. The van der Waals surface area contributed by atoms with E-state index in [9.17, 15) is 22.8 Å². The predicted octanol–water partition coefficient (Wildman–Crippen LogP) is 10.1. The number of benzene rings is 1. The molecule has 0 radical (unpaired) electrons. The van der Waals surface area contributed by atoms with E-state index in [-0.39, 0.29) is 23.5 Å². The van der Waals surface area contributed by atoms with Crippen molar-refractivity contribution >= 4 is 27.9 Å². The molecule has 0 spiro atoms. The summed E-state index contributed by atoms with van der Waals surface area (Å²) in [6.07, 6.45) is 0.724. The molecule has 0 heterocycles. The summed E-state index contributed by atoms with van der Waals surface area (Å²) >= 11 is 3.58. The summed E-state index contributed by atoms with van der Waals surface area (Å²) < 4.78 is 61.4. The summed E-state index contributed by atoms with van der Waals surface area (Å²) in [7, 11) is 0.880. The van der Waals surface area contributed by atoms with Crippen LogP contribution in [0.3, 0.4) is 0 Å². The number of esters is 2. The standard InChI is InChI=1S/C37H52BrF3O5/c1-9-14-28(25(3)23-45-32(42)34(4,5)6)31(21-24(2)29-18-19-30-26(22-38)15-13-20-35(29,30)7)46-33(43)36(44-8,37(39,40)41)27-16-11-10-12-17-27/h10-12,16-17,22,24,28-31H,3,9,13-15,18-21,23H2,1-2,4-8H3/b26-22+/t24-,28-,29-,30+,31-,35-,36+/m1/s1. The van der Waals surface area contributed by atoms with Crippen molar-refractivity contribution in [3.8, 4) is 0 Å². The van der Waals surface area contributed by atoms with Gasteiger partial charge in [-0.25, -0.2) is 4.79 Å². The Bertz CT molecular complexity index is 1240. The zero-order valence-electron chi connectivity index (χ0n) is 28.5. The summed E-state index contributed by atoms with van der Waals surface area (Å²) in [5.41, 5.74) is -2.43. The van der Waals surface area contributed by atoms with Crippen molar-refractivity contribution < 1.29 is 37.0 Å². The first-order valence-corrected chi connectivity index (χ1v) is 17.4. The van der Waals surface area contributed by atoms with Crippen molar-refractivity contribution in [1.29, 1.82) is 0 Å². The predicted molar refractivity (Wildman–Crippen MR) is 178 cm³/mol. The first kappa shape index (κ1) is 38.3. The minimum atomic E-state index is -5.09. The van der Waals surface area contributed by atoms with E-state index in [1.807, 2.05) is 6.92 Å². The van der Waals surface area contributed by atoms with Crippen LogP contribution in [-0.2, 0) is 29.4 Å². The van der Waals surface area contributed by atoms with E-state index in [4.69, 9.17) is 14.2 Å². The van der Waals surface area contributed by atoms with E-state index >= 15 is 0 Å². The average Bonchev–Trinajstić information content (AvgIpc) is 3.35. The van der Waals surface area contributed by atoms with Crippen molar-refractivity contribution in [2.45, 2.75) is 111 Å².